The van der Waals surface area contributed by atoms with E-state index in [1.165, 1.54) is 12.1 Å². The van der Waals surface area contributed by atoms with Gasteiger partial charge in [0.25, 0.3) is 5.91 Å². The molecule has 1 aliphatic heterocycles. The fourth-order valence-electron chi connectivity index (χ4n) is 3.57. The van der Waals surface area contributed by atoms with Gasteiger partial charge in [0.15, 0.2) is 6.61 Å². The average molecular weight is 469 g/mol. The molecule has 2 fully saturated rings. The number of nitrogens with one attached hydrogen (secondary N) is 1. The van der Waals surface area contributed by atoms with Crippen LogP contribution in [0.1, 0.15) is 25.7 Å². The number of ether oxygens (including phenoxy) is 3. The minimum atomic E-state index is -4.59. The monoisotopic (exact) mass is 468 g/mol. The number of piperidine rings is 1. The van der Waals surface area contributed by atoms with Crippen molar-refractivity contribution in [1.82, 2.24) is 10.2 Å². The maximum absolute atomic E-state index is 13.4. The highest BCUT2D eigenvalue weighted by Crippen LogP contribution is 2.32. The first-order valence-corrected chi connectivity index (χ1v) is 10.5. The van der Waals surface area contributed by atoms with Crippen molar-refractivity contribution in [1.29, 1.82) is 0 Å². The van der Waals surface area contributed by atoms with Crippen LogP contribution >= 0.6 is 11.6 Å². The summed E-state index contributed by atoms with van der Waals surface area (Å²) in [6.45, 7) is 2.48. The van der Waals surface area contributed by atoms with E-state index in [-0.39, 0.29) is 48.3 Å². The summed E-state index contributed by atoms with van der Waals surface area (Å²) in [4.78, 5) is 14.2. The van der Waals surface area contributed by atoms with Gasteiger partial charge in [0.1, 0.15) is 11.6 Å². The Morgan fingerprint density at radius 3 is 2.55 bits per heavy atom. The summed E-state index contributed by atoms with van der Waals surface area (Å²) < 4.78 is 64.5. The Kier molecular flexibility index (Phi) is 8.37. The molecule has 1 aromatic rings. The molecule has 0 bridgehead atoms. The Morgan fingerprint density at radius 1 is 1.19 bits per heavy atom. The van der Waals surface area contributed by atoms with Crippen LogP contribution in [0.4, 0.5) is 17.6 Å². The maximum Gasteiger partial charge on any atom is 0.522 e. The molecule has 6 nitrogen and oxygen atoms in total. The quantitative estimate of drug-likeness (QED) is 0.562. The molecule has 2 aliphatic rings. The Hall–Kier alpha value is -1.62. The summed E-state index contributed by atoms with van der Waals surface area (Å²) in [5.74, 6) is -0.657. The highest BCUT2D eigenvalue weighted by atomic mass is 35.5. The molecule has 1 heterocycles. The largest absolute Gasteiger partial charge is 0.522 e. The van der Waals surface area contributed by atoms with E-state index in [2.05, 4.69) is 15.0 Å². The topological polar surface area (TPSA) is 60.0 Å². The highest BCUT2D eigenvalue weighted by molar-refractivity contribution is 6.30. The molecule has 0 spiro atoms. The van der Waals surface area contributed by atoms with E-state index in [9.17, 15) is 22.4 Å². The van der Waals surface area contributed by atoms with Gasteiger partial charge < -0.3 is 19.7 Å². The molecule has 1 saturated carbocycles. The molecular weight excluding hydrogens is 444 g/mol. The minimum Gasteiger partial charge on any atom is -0.484 e. The van der Waals surface area contributed by atoms with E-state index in [0.717, 1.165) is 32.0 Å². The lowest BCUT2D eigenvalue weighted by atomic mass is 9.92. The Balaban J connectivity index is 1.24. The van der Waals surface area contributed by atoms with Crippen molar-refractivity contribution in [3.8, 4) is 5.75 Å². The highest BCUT2D eigenvalue weighted by Gasteiger charge is 2.40. The van der Waals surface area contributed by atoms with Crippen molar-refractivity contribution < 1.29 is 36.6 Å². The van der Waals surface area contributed by atoms with Crippen molar-refractivity contribution in [2.75, 3.05) is 32.8 Å². The zero-order valence-corrected chi connectivity index (χ0v) is 17.6. The van der Waals surface area contributed by atoms with Gasteiger partial charge in [-0.05, 0) is 25.0 Å². The molecule has 1 N–H and O–H groups in total. The fraction of sp³-hybridized carbons (Fsp3) is 0.650. The minimum absolute atomic E-state index is 0.0127. The standard InChI is InChI=1S/C20H25ClF4N2O4/c21-17-2-1-14(11-18(17)22)30-12-19(28)26-13-3-5-27(6-4-13)7-8-29-15-9-16(10-15)31-20(23,24)25/h1-2,11,13,15-16H,3-10,12H2,(H,26,28). The van der Waals surface area contributed by atoms with E-state index in [1.807, 2.05) is 0 Å². The predicted molar refractivity (Wildman–Crippen MR) is 104 cm³/mol. The van der Waals surface area contributed by atoms with Crippen molar-refractivity contribution in [2.24, 2.45) is 0 Å². The van der Waals surface area contributed by atoms with Gasteiger partial charge in [0.2, 0.25) is 0 Å². The Bertz CT molecular complexity index is 738. The average Bonchev–Trinajstić information content (AvgIpc) is 2.67. The van der Waals surface area contributed by atoms with Gasteiger partial charge in [-0.3, -0.25) is 9.53 Å². The van der Waals surface area contributed by atoms with E-state index in [0.29, 0.717) is 13.2 Å². The second-order valence-electron chi connectivity index (χ2n) is 7.70. The summed E-state index contributed by atoms with van der Waals surface area (Å²) in [6.07, 6.45) is -3.50. The Morgan fingerprint density at radius 2 is 1.90 bits per heavy atom. The van der Waals surface area contributed by atoms with Gasteiger partial charge in [-0.25, -0.2) is 4.39 Å². The Labute approximate surface area is 182 Å². The lowest BCUT2D eigenvalue weighted by Gasteiger charge is -2.36. The maximum atomic E-state index is 13.4. The summed E-state index contributed by atoms with van der Waals surface area (Å²) in [5, 5.41) is 2.89. The van der Waals surface area contributed by atoms with Crippen molar-refractivity contribution in [3.05, 3.63) is 29.0 Å². The lowest BCUT2D eigenvalue weighted by molar-refractivity contribution is -0.357. The van der Waals surface area contributed by atoms with Crippen molar-refractivity contribution in [3.63, 3.8) is 0 Å². The van der Waals surface area contributed by atoms with Gasteiger partial charge in [0, 0.05) is 44.6 Å². The van der Waals surface area contributed by atoms with Crippen LogP contribution in [0, 0.1) is 5.82 Å². The number of carbonyl (C=O) groups excluding carboxylic acids is 1. The van der Waals surface area contributed by atoms with Crippen LogP contribution < -0.4 is 10.1 Å². The number of halogens is 5. The van der Waals surface area contributed by atoms with E-state index < -0.39 is 18.3 Å². The van der Waals surface area contributed by atoms with E-state index in [4.69, 9.17) is 21.1 Å². The molecule has 31 heavy (non-hydrogen) atoms. The molecule has 3 rings (SSSR count). The van der Waals surface area contributed by atoms with E-state index >= 15 is 0 Å². The van der Waals surface area contributed by atoms with Crippen LogP contribution in [-0.4, -0.2) is 68.3 Å². The number of hydrogen-bond donors (Lipinski definition) is 1. The van der Waals surface area contributed by atoms with Crippen LogP contribution in [0.2, 0.25) is 5.02 Å². The molecule has 1 aliphatic carbocycles. The zero-order valence-electron chi connectivity index (χ0n) is 16.8. The SMILES string of the molecule is O=C(COc1ccc(Cl)c(F)c1)NC1CCN(CCOC2CC(OC(F)(F)F)C2)CC1. The normalized spacial score (nSPS) is 22.7. The third-order valence-corrected chi connectivity index (χ3v) is 5.63. The number of alkyl halides is 3. The smallest absolute Gasteiger partial charge is 0.484 e. The molecule has 1 amide bonds. The van der Waals surface area contributed by atoms with Crippen LogP contribution in [-0.2, 0) is 14.3 Å². The number of amides is 1. The number of nitrogens with zero attached hydrogens (tertiary/aromatic N) is 1. The number of benzene rings is 1. The van der Waals surface area contributed by atoms with Gasteiger partial charge in [-0.2, -0.15) is 0 Å². The molecule has 1 aromatic carbocycles. The van der Waals surface area contributed by atoms with Gasteiger partial charge in [-0.1, -0.05) is 11.6 Å². The molecule has 0 radical (unpaired) electrons. The first-order valence-electron chi connectivity index (χ1n) is 10.1. The summed E-state index contributed by atoms with van der Waals surface area (Å²) >= 11 is 5.60. The van der Waals surface area contributed by atoms with Gasteiger partial charge in [0.05, 0.1) is 23.8 Å². The molecule has 11 heteroatoms. The zero-order chi connectivity index (χ0) is 22.4. The van der Waals surface area contributed by atoms with Crippen molar-refractivity contribution in [2.45, 2.75) is 50.3 Å². The van der Waals surface area contributed by atoms with Gasteiger partial charge >= 0.3 is 6.36 Å². The third-order valence-electron chi connectivity index (χ3n) is 5.33. The van der Waals surface area contributed by atoms with Gasteiger partial charge in [-0.15, -0.1) is 13.2 Å². The van der Waals surface area contributed by atoms with Crippen LogP contribution in [0.5, 0.6) is 5.75 Å². The summed E-state index contributed by atoms with van der Waals surface area (Å²) in [7, 11) is 0. The van der Waals surface area contributed by atoms with Crippen LogP contribution in [0.25, 0.3) is 0 Å². The molecule has 0 unspecified atom stereocenters. The first-order chi connectivity index (χ1) is 14.7. The van der Waals surface area contributed by atoms with Crippen LogP contribution in [0.3, 0.4) is 0 Å². The fourth-order valence-corrected chi connectivity index (χ4v) is 3.69. The number of likely N-dealkylation sites (tertiary alicyclic amines) is 1. The summed E-state index contributed by atoms with van der Waals surface area (Å²) in [6, 6.07) is 4.01. The number of rotatable bonds is 9. The molecule has 1 saturated heterocycles. The molecule has 174 valence electrons. The van der Waals surface area contributed by atoms with Crippen molar-refractivity contribution >= 4 is 17.5 Å². The second kappa shape index (κ2) is 10.8. The second-order valence-corrected chi connectivity index (χ2v) is 8.11. The third kappa shape index (κ3) is 8.10. The summed E-state index contributed by atoms with van der Waals surface area (Å²) in [5.41, 5.74) is 0. The predicted octanol–water partition coefficient (Wildman–Crippen LogP) is 3.52. The first kappa shape index (κ1) is 24.0. The molecule has 0 atom stereocenters. The number of hydrogen-bond acceptors (Lipinski definition) is 5. The van der Waals surface area contributed by atoms with Crippen LogP contribution in [0.15, 0.2) is 18.2 Å². The number of carbonyl (C=O) groups is 1. The lowest BCUT2D eigenvalue weighted by Crippen LogP contribution is -2.47. The van der Waals surface area contributed by atoms with E-state index in [1.54, 1.807) is 0 Å². The molecule has 0 aromatic heterocycles. The molecular formula is C20H25ClF4N2O4.